The lowest BCUT2D eigenvalue weighted by Gasteiger charge is -2.12. The molecule has 0 aliphatic carbocycles. The first-order valence-electron chi connectivity index (χ1n) is 9.25. The SMILES string of the molecule is CN1CC[C@@H](c2ccc(S(=O)(=O)c3ccc4[nH]ncc4c3)cc2)C1.Cl.O=C(O)C(F)(F)F. The lowest BCUT2D eigenvalue weighted by molar-refractivity contribution is -0.192. The number of hydrogen-bond acceptors (Lipinski definition) is 5. The quantitative estimate of drug-likeness (QED) is 0.576. The highest BCUT2D eigenvalue weighted by atomic mass is 35.5. The summed E-state index contributed by atoms with van der Waals surface area (Å²) in [6, 6.07) is 12.4. The van der Waals surface area contributed by atoms with Gasteiger partial charge in [0.25, 0.3) is 0 Å². The number of nitrogens with zero attached hydrogens (tertiary/aromatic N) is 2. The maximum atomic E-state index is 12.8. The fourth-order valence-electron chi connectivity index (χ4n) is 3.35. The van der Waals surface area contributed by atoms with Gasteiger partial charge in [0, 0.05) is 11.9 Å². The molecule has 0 saturated carbocycles. The first kappa shape index (κ1) is 25.6. The van der Waals surface area contributed by atoms with Crippen LogP contribution in [0.1, 0.15) is 17.9 Å². The number of halogens is 4. The van der Waals surface area contributed by atoms with Crippen molar-refractivity contribution < 1.29 is 31.5 Å². The molecule has 1 aliphatic heterocycles. The molecule has 1 aromatic heterocycles. The Hall–Kier alpha value is -2.63. The number of aromatic amines is 1. The Morgan fingerprint density at radius 2 is 1.75 bits per heavy atom. The number of likely N-dealkylation sites (tertiary alicyclic amines) is 1. The summed E-state index contributed by atoms with van der Waals surface area (Å²) in [5.74, 6) is -2.26. The second-order valence-corrected chi connectivity index (χ2v) is 9.19. The third-order valence-corrected chi connectivity index (χ3v) is 6.78. The third kappa shape index (κ3) is 5.78. The smallest absolute Gasteiger partial charge is 0.475 e. The standard InChI is InChI=1S/C18H19N3O2S.C2HF3O2.ClH/c1-21-9-8-14(12-21)13-2-4-16(5-3-13)24(22,23)17-6-7-18-15(10-17)11-19-20-18;3-2(4,5)1(6)7;/h2-7,10-11,14H,8-9,12H2,1H3,(H,19,20);(H,6,7);1H/t14-;;/m1../s1. The molecule has 0 bridgehead atoms. The Bertz CT molecular complexity index is 1180. The number of carboxylic acids is 1. The number of likely N-dealkylation sites (N-methyl/N-ethyl adjacent to an activating group) is 1. The molecular formula is C20H21ClF3N3O4S. The second-order valence-electron chi connectivity index (χ2n) is 7.24. The van der Waals surface area contributed by atoms with E-state index in [4.69, 9.17) is 9.90 Å². The minimum Gasteiger partial charge on any atom is -0.475 e. The molecule has 7 nitrogen and oxygen atoms in total. The summed E-state index contributed by atoms with van der Waals surface area (Å²) in [5, 5.41) is 14.7. The maximum absolute atomic E-state index is 12.8. The van der Waals surface area contributed by atoms with Gasteiger partial charge in [-0.1, -0.05) is 12.1 Å². The predicted molar refractivity (Wildman–Crippen MR) is 114 cm³/mol. The van der Waals surface area contributed by atoms with Crippen LogP contribution in [0.15, 0.2) is 58.5 Å². The van der Waals surface area contributed by atoms with Crippen molar-refractivity contribution in [1.82, 2.24) is 15.1 Å². The third-order valence-electron chi connectivity index (χ3n) is 5.02. The van der Waals surface area contributed by atoms with E-state index < -0.39 is 22.0 Å². The molecule has 1 saturated heterocycles. The van der Waals surface area contributed by atoms with Crippen LogP contribution in [0.3, 0.4) is 0 Å². The van der Waals surface area contributed by atoms with Crippen LogP contribution in [-0.2, 0) is 14.6 Å². The van der Waals surface area contributed by atoms with E-state index in [2.05, 4.69) is 22.1 Å². The second kappa shape index (κ2) is 9.88. The normalized spacial score (nSPS) is 16.8. The highest BCUT2D eigenvalue weighted by molar-refractivity contribution is 7.91. The number of benzene rings is 2. The van der Waals surface area contributed by atoms with Gasteiger partial charge >= 0.3 is 12.1 Å². The van der Waals surface area contributed by atoms with E-state index in [1.807, 2.05) is 12.1 Å². The Balaban J connectivity index is 0.000000398. The summed E-state index contributed by atoms with van der Waals surface area (Å²) in [7, 11) is -1.40. The number of rotatable bonds is 3. The highest BCUT2D eigenvalue weighted by Crippen LogP contribution is 2.29. The van der Waals surface area contributed by atoms with Gasteiger partial charge in [-0.2, -0.15) is 18.3 Å². The molecule has 2 N–H and O–H groups in total. The molecule has 2 heterocycles. The molecule has 4 rings (SSSR count). The molecule has 174 valence electrons. The molecule has 1 fully saturated rings. The zero-order valence-electron chi connectivity index (χ0n) is 16.8. The van der Waals surface area contributed by atoms with Crippen molar-refractivity contribution in [2.45, 2.75) is 28.3 Å². The van der Waals surface area contributed by atoms with E-state index >= 15 is 0 Å². The molecule has 0 radical (unpaired) electrons. The van der Waals surface area contributed by atoms with Gasteiger partial charge < -0.3 is 10.0 Å². The summed E-state index contributed by atoms with van der Waals surface area (Å²) < 4.78 is 57.4. The van der Waals surface area contributed by atoms with Gasteiger partial charge in [-0.05, 0) is 61.8 Å². The summed E-state index contributed by atoms with van der Waals surface area (Å²) in [5.41, 5.74) is 2.04. The van der Waals surface area contributed by atoms with E-state index in [0.717, 1.165) is 30.4 Å². The summed E-state index contributed by atoms with van der Waals surface area (Å²) in [4.78, 5) is 11.8. The molecule has 0 amide bonds. The molecule has 2 aromatic carbocycles. The van der Waals surface area contributed by atoms with Crippen molar-refractivity contribution >= 4 is 39.1 Å². The van der Waals surface area contributed by atoms with Gasteiger partial charge in [0.15, 0.2) is 0 Å². The first-order valence-corrected chi connectivity index (χ1v) is 10.7. The number of carboxylic acid groups (broad SMARTS) is 1. The van der Waals surface area contributed by atoms with Gasteiger partial charge in [0.05, 0.1) is 21.5 Å². The number of sulfone groups is 1. The van der Waals surface area contributed by atoms with E-state index in [0.29, 0.717) is 15.7 Å². The number of alkyl halides is 3. The van der Waals surface area contributed by atoms with Crippen LogP contribution in [-0.4, -0.2) is 60.9 Å². The summed E-state index contributed by atoms with van der Waals surface area (Å²) in [6.07, 6.45) is -2.33. The molecule has 0 unspecified atom stereocenters. The van der Waals surface area contributed by atoms with Gasteiger partial charge in [-0.25, -0.2) is 13.2 Å². The van der Waals surface area contributed by atoms with Crippen LogP contribution in [0.2, 0.25) is 0 Å². The van der Waals surface area contributed by atoms with Gasteiger partial charge in [0.2, 0.25) is 9.84 Å². The minimum atomic E-state index is -5.08. The van der Waals surface area contributed by atoms with Crippen molar-refractivity contribution in [3.05, 3.63) is 54.2 Å². The number of hydrogen-bond donors (Lipinski definition) is 2. The monoisotopic (exact) mass is 491 g/mol. The number of aliphatic carboxylic acids is 1. The van der Waals surface area contributed by atoms with Crippen molar-refractivity contribution in [3.8, 4) is 0 Å². The van der Waals surface area contributed by atoms with Gasteiger partial charge in [-0.15, -0.1) is 12.4 Å². The topological polar surface area (TPSA) is 103 Å². The van der Waals surface area contributed by atoms with Gasteiger partial charge in [0.1, 0.15) is 0 Å². The van der Waals surface area contributed by atoms with Gasteiger partial charge in [-0.3, -0.25) is 5.10 Å². The molecular weight excluding hydrogens is 471 g/mol. The van der Waals surface area contributed by atoms with Crippen LogP contribution >= 0.6 is 12.4 Å². The Kier molecular flexibility index (Phi) is 7.92. The lowest BCUT2D eigenvalue weighted by Crippen LogP contribution is -2.21. The fourth-order valence-corrected chi connectivity index (χ4v) is 4.65. The number of aromatic nitrogens is 2. The van der Waals surface area contributed by atoms with Crippen molar-refractivity contribution in [2.24, 2.45) is 0 Å². The molecule has 1 aliphatic rings. The zero-order chi connectivity index (χ0) is 22.8. The molecule has 32 heavy (non-hydrogen) atoms. The largest absolute Gasteiger partial charge is 0.490 e. The van der Waals surface area contributed by atoms with Crippen LogP contribution in [0.25, 0.3) is 10.9 Å². The van der Waals surface area contributed by atoms with Crippen molar-refractivity contribution in [3.63, 3.8) is 0 Å². The van der Waals surface area contributed by atoms with E-state index in [1.165, 1.54) is 5.56 Å². The van der Waals surface area contributed by atoms with Crippen LogP contribution in [0.5, 0.6) is 0 Å². The lowest BCUT2D eigenvalue weighted by atomic mass is 9.99. The Morgan fingerprint density at radius 1 is 1.16 bits per heavy atom. The highest BCUT2D eigenvalue weighted by Gasteiger charge is 2.38. The number of H-pyrrole nitrogens is 1. The molecule has 1 atom stereocenters. The first-order chi connectivity index (χ1) is 14.5. The molecule has 3 aromatic rings. The summed E-state index contributed by atoms with van der Waals surface area (Å²) in [6.45, 7) is 2.12. The van der Waals surface area contributed by atoms with E-state index in [-0.39, 0.29) is 12.4 Å². The number of nitrogens with one attached hydrogen (secondary N) is 1. The summed E-state index contributed by atoms with van der Waals surface area (Å²) >= 11 is 0. The number of fused-ring (bicyclic) bond motifs is 1. The zero-order valence-corrected chi connectivity index (χ0v) is 18.5. The molecule has 0 spiro atoms. The van der Waals surface area contributed by atoms with Crippen molar-refractivity contribution in [1.29, 1.82) is 0 Å². The van der Waals surface area contributed by atoms with Crippen molar-refractivity contribution in [2.75, 3.05) is 20.1 Å². The predicted octanol–water partition coefficient (Wildman–Crippen LogP) is 3.87. The minimum absolute atomic E-state index is 0. The van der Waals surface area contributed by atoms with Crippen LogP contribution in [0.4, 0.5) is 13.2 Å². The average molecular weight is 492 g/mol. The average Bonchev–Trinajstić information content (AvgIpc) is 3.36. The van der Waals surface area contributed by atoms with Crippen LogP contribution < -0.4 is 0 Å². The van der Waals surface area contributed by atoms with E-state index in [1.54, 1.807) is 36.5 Å². The van der Waals surface area contributed by atoms with Crippen LogP contribution in [0, 0.1) is 0 Å². The maximum Gasteiger partial charge on any atom is 0.490 e. The molecule has 12 heteroatoms. The Labute approximate surface area is 188 Å². The van der Waals surface area contributed by atoms with E-state index in [9.17, 15) is 21.6 Å². The number of carbonyl (C=O) groups is 1. The fraction of sp³-hybridized carbons (Fsp3) is 0.300. The Morgan fingerprint density at radius 3 is 2.28 bits per heavy atom.